The molecule has 0 atom stereocenters. The van der Waals surface area contributed by atoms with Crippen LogP contribution in [0.15, 0.2) is 54.7 Å². The van der Waals surface area contributed by atoms with E-state index in [4.69, 9.17) is 0 Å². The maximum Gasteiger partial charge on any atom is 0.242 e. The fourth-order valence-corrected chi connectivity index (χ4v) is 5.58. The molecule has 1 aliphatic carbocycles. The lowest BCUT2D eigenvalue weighted by Gasteiger charge is -2.30. The van der Waals surface area contributed by atoms with Crippen LogP contribution < -0.4 is 0 Å². The number of carbonyl (C=O) groups is 2. The van der Waals surface area contributed by atoms with Gasteiger partial charge in [-0.3, -0.25) is 9.59 Å². The minimum atomic E-state index is 0.0248. The van der Waals surface area contributed by atoms with Crippen LogP contribution in [0.2, 0.25) is 0 Å². The number of benzene rings is 2. The number of aromatic amines is 1. The summed E-state index contributed by atoms with van der Waals surface area (Å²) >= 11 is 0. The molecule has 0 spiro atoms. The van der Waals surface area contributed by atoms with Crippen molar-refractivity contribution in [1.82, 2.24) is 14.8 Å². The van der Waals surface area contributed by atoms with Gasteiger partial charge in [0.1, 0.15) is 0 Å². The van der Waals surface area contributed by atoms with Crippen molar-refractivity contribution in [3.05, 3.63) is 71.4 Å². The van der Waals surface area contributed by atoms with Gasteiger partial charge in [-0.2, -0.15) is 0 Å². The van der Waals surface area contributed by atoms with E-state index in [1.807, 2.05) is 15.9 Å². The first-order chi connectivity index (χ1) is 18.1. The summed E-state index contributed by atoms with van der Waals surface area (Å²) in [4.78, 5) is 34.3. The first kappa shape index (κ1) is 27.9. The van der Waals surface area contributed by atoms with Crippen molar-refractivity contribution < 1.29 is 9.59 Å². The monoisotopic (exact) mass is 515 g/mol. The Bertz CT molecular complexity index is 1210. The van der Waals surface area contributed by atoms with E-state index in [9.17, 15) is 9.59 Å². The van der Waals surface area contributed by atoms with Crippen molar-refractivity contribution in [2.75, 3.05) is 19.6 Å². The Morgan fingerprint density at radius 3 is 2.32 bits per heavy atom. The number of nitrogens with zero attached hydrogens (tertiary/aromatic N) is 2. The second-order valence-corrected chi connectivity index (χ2v) is 12.5. The van der Waals surface area contributed by atoms with Gasteiger partial charge in [0.25, 0.3) is 0 Å². The molecule has 38 heavy (non-hydrogen) atoms. The fraction of sp³-hybridized carbons (Fsp3) is 0.515. The largest absolute Gasteiger partial charge is 0.361 e. The van der Waals surface area contributed by atoms with Crippen LogP contribution in [0.5, 0.6) is 0 Å². The number of amides is 2. The van der Waals surface area contributed by atoms with Gasteiger partial charge in [0.2, 0.25) is 11.8 Å². The summed E-state index contributed by atoms with van der Waals surface area (Å²) in [6.07, 6.45) is 6.94. The molecule has 0 radical (unpaired) electrons. The lowest BCUT2D eigenvalue weighted by atomic mass is 9.87. The number of hydrogen-bond acceptors (Lipinski definition) is 2. The van der Waals surface area contributed by atoms with Gasteiger partial charge in [0, 0.05) is 42.7 Å². The number of fused-ring (bicyclic) bond motifs is 1. The Morgan fingerprint density at radius 1 is 0.974 bits per heavy atom. The average molecular weight is 516 g/mol. The second-order valence-electron chi connectivity index (χ2n) is 12.5. The van der Waals surface area contributed by atoms with Crippen LogP contribution in [-0.2, 0) is 28.0 Å². The summed E-state index contributed by atoms with van der Waals surface area (Å²) < 4.78 is 0. The summed E-state index contributed by atoms with van der Waals surface area (Å²) in [6, 6.07) is 16.9. The van der Waals surface area contributed by atoms with Crippen LogP contribution >= 0.6 is 0 Å². The zero-order chi connectivity index (χ0) is 27.3. The zero-order valence-corrected chi connectivity index (χ0v) is 23.9. The molecule has 1 N–H and O–H groups in total. The summed E-state index contributed by atoms with van der Waals surface area (Å²) in [6.45, 7) is 12.8. The molecule has 0 saturated heterocycles. The van der Waals surface area contributed by atoms with E-state index in [-0.39, 0.29) is 29.7 Å². The summed E-state index contributed by atoms with van der Waals surface area (Å²) in [7, 11) is 0. The van der Waals surface area contributed by atoms with Crippen molar-refractivity contribution in [3.8, 4) is 0 Å². The molecule has 2 aromatic carbocycles. The van der Waals surface area contributed by atoms with E-state index in [1.54, 1.807) is 0 Å². The van der Waals surface area contributed by atoms with Crippen LogP contribution in [0.3, 0.4) is 0 Å². The summed E-state index contributed by atoms with van der Waals surface area (Å²) in [5, 5.41) is 1.20. The molecule has 3 aromatic rings. The second kappa shape index (κ2) is 12.2. The number of aromatic nitrogens is 1. The average Bonchev–Trinajstić information content (AvgIpc) is 3.56. The van der Waals surface area contributed by atoms with Crippen molar-refractivity contribution in [3.63, 3.8) is 0 Å². The standard InChI is InChI=1S/C33H45N3O2/c1-24(2)21-36(32(38)26-10-6-7-11-26)23-31(37)35(22-25-14-16-28(17-15-25)33(3,4)5)19-18-27-20-34-30-13-9-8-12-29(27)30/h8-9,12-17,20,24,26,34H,6-7,10-11,18-19,21-23H2,1-5H3. The van der Waals surface area contributed by atoms with Crippen LogP contribution in [0.4, 0.5) is 0 Å². The third kappa shape index (κ3) is 7.06. The summed E-state index contributed by atoms with van der Waals surface area (Å²) in [5.74, 6) is 0.580. The molecule has 5 heteroatoms. The van der Waals surface area contributed by atoms with Gasteiger partial charge in [-0.15, -0.1) is 0 Å². The van der Waals surface area contributed by atoms with E-state index in [2.05, 4.69) is 88.3 Å². The van der Waals surface area contributed by atoms with E-state index < -0.39 is 0 Å². The Labute approximate surface area is 228 Å². The topological polar surface area (TPSA) is 56.4 Å². The molecule has 1 aromatic heterocycles. The van der Waals surface area contributed by atoms with E-state index >= 15 is 0 Å². The number of carbonyl (C=O) groups excluding carboxylic acids is 2. The smallest absolute Gasteiger partial charge is 0.242 e. The third-order valence-electron chi connectivity index (χ3n) is 7.80. The van der Waals surface area contributed by atoms with Crippen LogP contribution in [-0.4, -0.2) is 46.2 Å². The quantitative estimate of drug-likeness (QED) is 0.326. The Hall–Kier alpha value is -3.08. The Balaban J connectivity index is 1.53. The first-order valence-electron chi connectivity index (χ1n) is 14.3. The number of hydrogen-bond donors (Lipinski definition) is 1. The van der Waals surface area contributed by atoms with Crippen molar-refractivity contribution in [2.45, 2.75) is 78.7 Å². The molecule has 1 heterocycles. The molecule has 1 aliphatic rings. The van der Waals surface area contributed by atoms with Crippen LogP contribution in [0.1, 0.15) is 77.0 Å². The van der Waals surface area contributed by atoms with Crippen molar-refractivity contribution in [1.29, 1.82) is 0 Å². The molecule has 204 valence electrons. The number of H-pyrrole nitrogens is 1. The molecular weight excluding hydrogens is 470 g/mol. The maximum absolute atomic E-state index is 13.8. The predicted octanol–water partition coefficient (Wildman–Crippen LogP) is 6.71. The highest BCUT2D eigenvalue weighted by atomic mass is 16.2. The van der Waals surface area contributed by atoms with Crippen molar-refractivity contribution in [2.24, 2.45) is 11.8 Å². The van der Waals surface area contributed by atoms with Gasteiger partial charge in [0.05, 0.1) is 6.54 Å². The van der Waals surface area contributed by atoms with Crippen LogP contribution in [0.25, 0.3) is 10.9 Å². The van der Waals surface area contributed by atoms with Crippen LogP contribution in [0, 0.1) is 11.8 Å². The van der Waals surface area contributed by atoms with Gasteiger partial charge in [-0.1, -0.05) is 89.9 Å². The van der Waals surface area contributed by atoms with E-state index in [0.29, 0.717) is 25.6 Å². The minimum Gasteiger partial charge on any atom is -0.361 e. The minimum absolute atomic E-state index is 0.0248. The SMILES string of the molecule is CC(C)CN(CC(=O)N(CCc1c[nH]c2ccccc12)Cc1ccc(C(C)(C)C)cc1)C(=O)C1CCCC1. The van der Waals surface area contributed by atoms with Gasteiger partial charge in [0.15, 0.2) is 0 Å². The number of rotatable bonds is 10. The first-order valence-corrected chi connectivity index (χ1v) is 14.3. The highest BCUT2D eigenvalue weighted by Crippen LogP contribution is 2.27. The molecule has 5 nitrogen and oxygen atoms in total. The lowest BCUT2D eigenvalue weighted by Crippen LogP contribution is -2.46. The van der Waals surface area contributed by atoms with E-state index in [0.717, 1.165) is 43.2 Å². The molecular formula is C33H45N3O2. The van der Waals surface area contributed by atoms with Gasteiger partial charge in [-0.05, 0) is 53.4 Å². The zero-order valence-electron chi connectivity index (χ0n) is 23.9. The molecule has 0 bridgehead atoms. The molecule has 1 fully saturated rings. The van der Waals surface area contributed by atoms with E-state index in [1.165, 1.54) is 16.5 Å². The molecule has 2 amide bonds. The van der Waals surface area contributed by atoms with Crippen molar-refractivity contribution >= 4 is 22.7 Å². The molecule has 0 aliphatic heterocycles. The lowest BCUT2D eigenvalue weighted by molar-refractivity contribution is -0.143. The Morgan fingerprint density at radius 2 is 1.66 bits per heavy atom. The molecule has 0 unspecified atom stereocenters. The summed E-state index contributed by atoms with van der Waals surface area (Å²) in [5.41, 5.74) is 4.80. The molecule has 4 rings (SSSR count). The number of para-hydroxylation sites is 1. The predicted molar refractivity (Wildman–Crippen MR) is 156 cm³/mol. The van der Waals surface area contributed by atoms with Gasteiger partial charge in [-0.25, -0.2) is 0 Å². The maximum atomic E-state index is 13.8. The van der Waals surface area contributed by atoms with Gasteiger partial charge >= 0.3 is 0 Å². The van der Waals surface area contributed by atoms with Gasteiger partial charge < -0.3 is 14.8 Å². The molecule has 1 saturated carbocycles. The number of nitrogens with one attached hydrogen (secondary N) is 1. The highest BCUT2D eigenvalue weighted by Gasteiger charge is 2.30. The Kier molecular flexibility index (Phi) is 8.96. The fourth-order valence-electron chi connectivity index (χ4n) is 5.58. The normalized spacial score (nSPS) is 14.4. The highest BCUT2D eigenvalue weighted by molar-refractivity contribution is 5.86. The third-order valence-corrected chi connectivity index (χ3v) is 7.80.